The van der Waals surface area contributed by atoms with E-state index >= 15 is 0 Å². The summed E-state index contributed by atoms with van der Waals surface area (Å²) in [6.45, 7) is 2.77. The van der Waals surface area contributed by atoms with E-state index in [4.69, 9.17) is 0 Å². The summed E-state index contributed by atoms with van der Waals surface area (Å²) in [5, 5.41) is 19.2. The Morgan fingerprint density at radius 2 is 1.61 bits per heavy atom. The maximum atomic E-state index is 13.3. The van der Waals surface area contributed by atoms with Crippen LogP contribution in [-0.4, -0.2) is 40.3 Å². The number of hydrogen-bond acceptors (Lipinski definition) is 3. The molecule has 0 saturated heterocycles. The van der Waals surface area contributed by atoms with Crippen LogP contribution in [0.15, 0.2) is 24.3 Å². The molecule has 3 atom stereocenters. The van der Waals surface area contributed by atoms with Crippen molar-refractivity contribution in [2.75, 3.05) is 0 Å². The Bertz CT molecular complexity index is 554. The van der Waals surface area contributed by atoms with Crippen molar-refractivity contribution in [3.8, 4) is 0 Å². The Balaban J connectivity index is 3.23. The quantitative estimate of drug-likeness (QED) is 0.617. The van der Waals surface area contributed by atoms with E-state index in [9.17, 15) is 37.0 Å². The molecule has 8 heteroatoms. The summed E-state index contributed by atoms with van der Waals surface area (Å²) in [6, 6.07) is 4.60. The van der Waals surface area contributed by atoms with Crippen LogP contribution in [0.5, 0.6) is 0 Å². The molecule has 130 valence electrons. The zero-order valence-corrected chi connectivity index (χ0v) is 12.4. The third-order valence-corrected chi connectivity index (χ3v) is 3.50. The lowest BCUT2D eigenvalue weighted by atomic mass is 9.86. The molecular formula is C15H17F5O3. The van der Waals surface area contributed by atoms with Crippen molar-refractivity contribution in [2.24, 2.45) is 0 Å². The molecule has 0 aromatic heterocycles. The number of carbonyl (C=O) groups is 1. The van der Waals surface area contributed by atoms with Crippen LogP contribution in [0.2, 0.25) is 0 Å². The van der Waals surface area contributed by atoms with Crippen molar-refractivity contribution in [1.82, 2.24) is 0 Å². The van der Waals surface area contributed by atoms with Gasteiger partial charge in [-0.15, -0.1) is 0 Å². The number of carbonyl (C=O) groups excluding carboxylic acids is 1. The highest BCUT2D eigenvalue weighted by Gasteiger charge is 2.63. The van der Waals surface area contributed by atoms with E-state index in [0.717, 1.165) is 12.1 Å². The molecule has 0 aliphatic rings. The third-order valence-electron chi connectivity index (χ3n) is 3.50. The van der Waals surface area contributed by atoms with Crippen LogP contribution in [0.3, 0.4) is 0 Å². The van der Waals surface area contributed by atoms with Gasteiger partial charge in [-0.3, -0.25) is 4.79 Å². The third kappa shape index (κ3) is 4.26. The molecule has 3 nitrogen and oxygen atoms in total. The number of ketones is 1. The topological polar surface area (TPSA) is 57.5 Å². The summed E-state index contributed by atoms with van der Waals surface area (Å²) in [4.78, 5) is 11.7. The van der Waals surface area contributed by atoms with Gasteiger partial charge >= 0.3 is 12.1 Å². The lowest BCUT2D eigenvalue weighted by molar-refractivity contribution is -0.255. The molecule has 0 amide bonds. The predicted octanol–water partition coefficient (Wildman–Crippen LogP) is 3.30. The van der Waals surface area contributed by atoms with Crippen LogP contribution in [0.1, 0.15) is 42.1 Å². The summed E-state index contributed by atoms with van der Waals surface area (Å²) < 4.78 is 63.7. The predicted molar refractivity (Wildman–Crippen MR) is 72.5 cm³/mol. The standard InChI is InChI=1S/C15H17F5O3/c1-8(21)7-12(22)9(2)10-5-3-4-6-11(10)13(23)14(16,17)15(18,19)20/h3-6,8-9,12,21-22H,7H2,1-2H3. The van der Waals surface area contributed by atoms with Gasteiger partial charge in [-0.25, -0.2) is 0 Å². The first-order valence-electron chi connectivity index (χ1n) is 6.84. The molecule has 1 aromatic rings. The van der Waals surface area contributed by atoms with Crippen LogP contribution >= 0.6 is 0 Å². The smallest absolute Gasteiger partial charge is 0.393 e. The van der Waals surface area contributed by atoms with Crippen molar-refractivity contribution in [3.63, 3.8) is 0 Å². The molecular weight excluding hydrogens is 323 g/mol. The fraction of sp³-hybridized carbons (Fsp3) is 0.533. The molecule has 0 spiro atoms. The summed E-state index contributed by atoms with van der Waals surface area (Å²) >= 11 is 0. The van der Waals surface area contributed by atoms with E-state index in [1.807, 2.05) is 0 Å². The average molecular weight is 340 g/mol. The minimum absolute atomic E-state index is 0.112. The van der Waals surface area contributed by atoms with Gasteiger partial charge in [0.15, 0.2) is 0 Å². The second-order valence-corrected chi connectivity index (χ2v) is 5.43. The second kappa shape index (κ2) is 6.92. The highest BCUT2D eigenvalue weighted by atomic mass is 19.4. The zero-order chi connectivity index (χ0) is 18.0. The first kappa shape index (κ1) is 19.5. The molecule has 0 heterocycles. The van der Waals surface area contributed by atoms with Gasteiger partial charge < -0.3 is 10.2 Å². The average Bonchev–Trinajstić information content (AvgIpc) is 2.43. The summed E-state index contributed by atoms with van der Waals surface area (Å²) in [5.74, 6) is -8.79. The van der Waals surface area contributed by atoms with Crippen LogP contribution in [0, 0.1) is 0 Å². The van der Waals surface area contributed by atoms with Crippen molar-refractivity contribution in [2.45, 2.75) is 50.5 Å². The monoisotopic (exact) mass is 340 g/mol. The first-order valence-corrected chi connectivity index (χ1v) is 6.84. The second-order valence-electron chi connectivity index (χ2n) is 5.43. The van der Waals surface area contributed by atoms with Gasteiger partial charge in [0.2, 0.25) is 5.78 Å². The summed E-state index contributed by atoms with van der Waals surface area (Å²) in [6.07, 6.45) is -8.21. The van der Waals surface area contributed by atoms with Gasteiger partial charge in [0.05, 0.1) is 12.2 Å². The number of aliphatic hydroxyl groups is 2. The molecule has 0 saturated carbocycles. The van der Waals surface area contributed by atoms with Crippen molar-refractivity contribution < 1.29 is 37.0 Å². The van der Waals surface area contributed by atoms with Crippen molar-refractivity contribution >= 4 is 5.78 Å². The Kier molecular flexibility index (Phi) is 5.87. The van der Waals surface area contributed by atoms with Crippen LogP contribution in [-0.2, 0) is 0 Å². The number of hydrogen-bond donors (Lipinski definition) is 2. The van der Waals surface area contributed by atoms with Crippen LogP contribution < -0.4 is 0 Å². The van der Waals surface area contributed by atoms with Gasteiger partial charge in [-0.1, -0.05) is 31.2 Å². The number of benzene rings is 1. The Hall–Kier alpha value is -1.54. The molecule has 0 aliphatic heterocycles. The number of alkyl halides is 5. The summed E-state index contributed by atoms with van der Waals surface area (Å²) in [7, 11) is 0. The minimum atomic E-state index is -6.00. The minimum Gasteiger partial charge on any atom is -0.393 e. The molecule has 3 unspecified atom stereocenters. The Morgan fingerprint density at radius 1 is 1.09 bits per heavy atom. The van der Waals surface area contributed by atoms with Gasteiger partial charge in [-0.05, 0) is 18.9 Å². The van der Waals surface area contributed by atoms with Crippen LogP contribution in [0.4, 0.5) is 22.0 Å². The molecule has 2 N–H and O–H groups in total. The number of halogens is 5. The van der Waals surface area contributed by atoms with E-state index in [1.165, 1.54) is 26.0 Å². The first-order chi connectivity index (χ1) is 10.4. The molecule has 23 heavy (non-hydrogen) atoms. The molecule has 1 rings (SSSR count). The number of rotatable bonds is 6. The van der Waals surface area contributed by atoms with Crippen LogP contribution in [0.25, 0.3) is 0 Å². The lowest BCUT2D eigenvalue weighted by Gasteiger charge is -2.24. The van der Waals surface area contributed by atoms with E-state index < -0.39 is 41.6 Å². The largest absolute Gasteiger partial charge is 0.461 e. The fourth-order valence-corrected chi connectivity index (χ4v) is 2.16. The lowest BCUT2D eigenvalue weighted by Crippen LogP contribution is -2.44. The zero-order valence-electron chi connectivity index (χ0n) is 12.4. The van der Waals surface area contributed by atoms with Crippen molar-refractivity contribution in [3.05, 3.63) is 35.4 Å². The number of aliphatic hydroxyl groups excluding tert-OH is 2. The van der Waals surface area contributed by atoms with Gasteiger partial charge in [0, 0.05) is 11.5 Å². The number of Topliss-reactive ketones (excluding diaryl/α,β-unsaturated/α-hetero) is 1. The van der Waals surface area contributed by atoms with Gasteiger partial charge in [-0.2, -0.15) is 22.0 Å². The summed E-state index contributed by atoms with van der Waals surface area (Å²) in [5.41, 5.74) is -0.929. The molecule has 0 radical (unpaired) electrons. The highest BCUT2D eigenvalue weighted by molar-refractivity contribution is 6.03. The maximum absolute atomic E-state index is 13.3. The van der Waals surface area contributed by atoms with E-state index in [2.05, 4.69) is 0 Å². The molecule has 1 aromatic carbocycles. The van der Waals surface area contributed by atoms with Gasteiger partial charge in [0.1, 0.15) is 0 Å². The van der Waals surface area contributed by atoms with Crippen molar-refractivity contribution in [1.29, 1.82) is 0 Å². The van der Waals surface area contributed by atoms with E-state index in [0.29, 0.717) is 0 Å². The van der Waals surface area contributed by atoms with Gasteiger partial charge in [0.25, 0.3) is 0 Å². The Labute approximate surface area is 129 Å². The SMILES string of the molecule is CC(O)CC(O)C(C)c1ccccc1C(=O)C(F)(F)C(F)(F)F. The maximum Gasteiger partial charge on any atom is 0.461 e. The van der Waals surface area contributed by atoms with E-state index in [-0.39, 0.29) is 12.0 Å². The molecule has 0 fully saturated rings. The normalized spacial score (nSPS) is 16.7. The molecule has 0 aliphatic carbocycles. The van der Waals surface area contributed by atoms with E-state index in [1.54, 1.807) is 0 Å². The Morgan fingerprint density at radius 3 is 2.09 bits per heavy atom. The molecule has 0 bridgehead atoms. The fourth-order valence-electron chi connectivity index (χ4n) is 2.16. The highest BCUT2D eigenvalue weighted by Crippen LogP contribution is 2.39.